The second-order valence-electron chi connectivity index (χ2n) is 8.67. The largest absolute Gasteiger partial charge is 0.333 e. The molecule has 0 saturated carbocycles. The normalized spacial score (nSPS) is 31.1. The van der Waals surface area contributed by atoms with Gasteiger partial charge < -0.3 is 9.47 Å². The number of aryl methyl sites for hydroxylation is 2. The summed E-state index contributed by atoms with van der Waals surface area (Å²) in [7, 11) is 1.70. The Balaban J connectivity index is 1.55. The molecule has 1 aromatic heterocycles. The molecule has 4 saturated heterocycles. The van der Waals surface area contributed by atoms with Crippen LogP contribution in [0, 0.1) is 12.8 Å². The Bertz CT molecular complexity index is 957. The SMILES string of the molecule is Cc1ccc([C@H]2CN(C(=O)c3cccn(C)c3=O)[C@H]3C4CCN(CC4)[C@@H]23)cc1. The van der Waals surface area contributed by atoms with Crippen LogP contribution in [-0.2, 0) is 7.05 Å². The lowest BCUT2D eigenvalue weighted by atomic mass is 9.75. The number of benzene rings is 1. The van der Waals surface area contributed by atoms with Gasteiger partial charge in [-0.15, -0.1) is 0 Å². The Labute approximate surface area is 165 Å². The maximum Gasteiger partial charge on any atom is 0.263 e. The summed E-state index contributed by atoms with van der Waals surface area (Å²) < 4.78 is 1.49. The molecule has 146 valence electrons. The molecule has 5 heteroatoms. The van der Waals surface area contributed by atoms with Gasteiger partial charge in [0.25, 0.3) is 11.5 Å². The van der Waals surface area contributed by atoms with Gasteiger partial charge in [0, 0.05) is 31.7 Å². The zero-order valence-electron chi connectivity index (χ0n) is 16.5. The van der Waals surface area contributed by atoms with Crippen LogP contribution < -0.4 is 5.56 Å². The van der Waals surface area contributed by atoms with E-state index < -0.39 is 0 Å². The molecule has 0 N–H and O–H groups in total. The van der Waals surface area contributed by atoms with E-state index in [2.05, 4.69) is 36.1 Å². The van der Waals surface area contributed by atoms with Crippen molar-refractivity contribution in [1.29, 1.82) is 0 Å². The molecule has 3 atom stereocenters. The summed E-state index contributed by atoms with van der Waals surface area (Å²) in [5.74, 6) is 0.756. The number of piperidine rings is 3. The van der Waals surface area contributed by atoms with E-state index in [-0.39, 0.29) is 17.5 Å². The van der Waals surface area contributed by atoms with Crippen LogP contribution in [0.3, 0.4) is 0 Å². The lowest BCUT2D eigenvalue weighted by molar-refractivity contribution is -0.00347. The van der Waals surface area contributed by atoms with Crippen LogP contribution in [0.4, 0.5) is 0 Å². The maximum absolute atomic E-state index is 13.5. The van der Waals surface area contributed by atoms with Crippen LogP contribution in [0.15, 0.2) is 47.4 Å². The predicted molar refractivity (Wildman–Crippen MR) is 109 cm³/mol. The first-order valence-electron chi connectivity index (χ1n) is 10.3. The molecule has 4 fully saturated rings. The fourth-order valence-corrected chi connectivity index (χ4v) is 5.68. The van der Waals surface area contributed by atoms with Gasteiger partial charge in [-0.05, 0) is 56.5 Å². The second kappa shape index (κ2) is 6.59. The average molecular weight is 377 g/mol. The highest BCUT2D eigenvalue weighted by molar-refractivity contribution is 5.94. The molecule has 5 heterocycles. The number of hydrogen-bond acceptors (Lipinski definition) is 3. The minimum Gasteiger partial charge on any atom is -0.333 e. The predicted octanol–water partition coefficient (Wildman–Crippen LogP) is 2.40. The van der Waals surface area contributed by atoms with E-state index in [9.17, 15) is 9.59 Å². The molecular formula is C23H27N3O2. The summed E-state index contributed by atoms with van der Waals surface area (Å²) in [6.07, 6.45) is 4.01. The van der Waals surface area contributed by atoms with Gasteiger partial charge in [-0.3, -0.25) is 14.5 Å². The number of carbonyl (C=O) groups excluding carboxylic acids is 1. The first-order chi connectivity index (χ1) is 13.5. The van der Waals surface area contributed by atoms with Crippen LogP contribution in [0.2, 0.25) is 0 Å². The first-order valence-corrected chi connectivity index (χ1v) is 10.3. The molecule has 1 aromatic carbocycles. The van der Waals surface area contributed by atoms with Gasteiger partial charge in [-0.25, -0.2) is 0 Å². The van der Waals surface area contributed by atoms with E-state index in [0.717, 1.165) is 25.9 Å². The number of pyridine rings is 1. The molecule has 1 amide bonds. The molecular weight excluding hydrogens is 350 g/mol. The van der Waals surface area contributed by atoms with Gasteiger partial charge in [0.05, 0.1) is 6.04 Å². The van der Waals surface area contributed by atoms with Gasteiger partial charge in [-0.2, -0.15) is 0 Å². The highest BCUT2D eigenvalue weighted by Crippen LogP contribution is 2.46. The smallest absolute Gasteiger partial charge is 0.263 e. The molecule has 0 radical (unpaired) electrons. The number of carbonyl (C=O) groups is 1. The molecule has 5 nitrogen and oxygen atoms in total. The zero-order chi connectivity index (χ0) is 19.4. The van der Waals surface area contributed by atoms with Crippen molar-refractivity contribution in [3.05, 3.63) is 69.6 Å². The van der Waals surface area contributed by atoms with Crippen molar-refractivity contribution in [3.63, 3.8) is 0 Å². The third kappa shape index (κ3) is 2.64. The van der Waals surface area contributed by atoms with Crippen LogP contribution in [-0.4, -0.2) is 52.0 Å². The molecule has 2 bridgehead atoms. The number of fused-ring (bicyclic) bond motifs is 2. The zero-order valence-corrected chi connectivity index (χ0v) is 16.5. The monoisotopic (exact) mass is 377 g/mol. The van der Waals surface area contributed by atoms with E-state index in [0.29, 0.717) is 30.0 Å². The fourth-order valence-electron chi connectivity index (χ4n) is 5.68. The number of amides is 1. The molecule has 0 unspecified atom stereocenters. The van der Waals surface area contributed by atoms with Crippen molar-refractivity contribution in [2.45, 2.75) is 37.8 Å². The van der Waals surface area contributed by atoms with Crippen LogP contribution in [0.1, 0.15) is 40.2 Å². The Hall–Kier alpha value is -2.40. The Morgan fingerprint density at radius 2 is 1.75 bits per heavy atom. The lowest BCUT2D eigenvalue weighted by Crippen LogP contribution is -2.61. The van der Waals surface area contributed by atoms with Gasteiger partial charge in [0.2, 0.25) is 0 Å². The third-order valence-electron chi connectivity index (χ3n) is 7.11. The maximum atomic E-state index is 13.5. The van der Waals surface area contributed by atoms with Crippen molar-refractivity contribution >= 4 is 5.91 Å². The van der Waals surface area contributed by atoms with Gasteiger partial charge >= 0.3 is 0 Å². The lowest BCUT2D eigenvalue weighted by Gasteiger charge is -2.51. The number of hydrogen-bond donors (Lipinski definition) is 0. The van der Waals surface area contributed by atoms with Crippen molar-refractivity contribution < 1.29 is 4.79 Å². The summed E-state index contributed by atoms with van der Waals surface area (Å²) in [5.41, 5.74) is 2.66. The Morgan fingerprint density at radius 1 is 1.04 bits per heavy atom. The van der Waals surface area contributed by atoms with E-state index in [1.165, 1.54) is 15.7 Å². The molecule has 4 aliphatic rings. The first kappa shape index (κ1) is 17.7. The summed E-state index contributed by atoms with van der Waals surface area (Å²) in [4.78, 5) is 30.7. The van der Waals surface area contributed by atoms with Crippen molar-refractivity contribution in [1.82, 2.24) is 14.4 Å². The Kier molecular flexibility index (Phi) is 4.16. The highest BCUT2D eigenvalue weighted by atomic mass is 16.2. The van der Waals surface area contributed by atoms with Gasteiger partial charge in [0.1, 0.15) is 5.56 Å². The molecule has 2 aromatic rings. The van der Waals surface area contributed by atoms with Crippen molar-refractivity contribution in [2.24, 2.45) is 13.0 Å². The van der Waals surface area contributed by atoms with E-state index in [1.807, 2.05) is 4.90 Å². The number of aromatic nitrogens is 1. The standard InChI is InChI=1S/C23H27N3O2/c1-15-5-7-16(8-6-15)19-14-26(20-17-9-12-25(13-10-17)21(19)20)23(28)18-4-3-11-24(2)22(18)27/h3-8,11,17,19-21H,9-10,12-14H2,1-2H3/t19-,20+,21+/m1/s1. The van der Waals surface area contributed by atoms with Crippen molar-refractivity contribution in [3.8, 4) is 0 Å². The van der Waals surface area contributed by atoms with E-state index >= 15 is 0 Å². The van der Waals surface area contributed by atoms with Crippen molar-refractivity contribution in [2.75, 3.05) is 19.6 Å². The summed E-state index contributed by atoms with van der Waals surface area (Å²) in [6, 6.07) is 12.8. The van der Waals surface area contributed by atoms with Gasteiger partial charge in [-0.1, -0.05) is 29.8 Å². The molecule has 28 heavy (non-hydrogen) atoms. The third-order valence-corrected chi connectivity index (χ3v) is 7.11. The average Bonchev–Trinajstić information content (AvgIpc) is 3.14. The van der Waals surface area contributed by atoms with Crippen LogP contribution in [0.5, 0.6) is 0 Å². The summed E-state index contributed by atoms with van der Waals surface area (Å²) >= 11 is 0. The van der Waals surface area contributed by atoms with E-state index in [1.54, 1.807) is 25.4 Å². The Morgan fingerprint density at radius 3 is 2.46 bits per heavy atom. The fraction of sp³-hybridized carbons (Fsp3) is 0.478. The topological polar surface area (TPSA) is 45.6 Å². The minimum absolute atomic E-state index is 0.0976. The highest BCUT2D eigenvalue weighted by Gasteiger charge is 2.54. The number of nitrogens with zero attached hydrogens (tertiary/aromatic N) is 3. The number of likely N-dealkylation sites (tertiary alicyclic amines) is 1. The minimum atomic E-state index is -0.205. The molecule has 0 aliphatic carbocycles. The quantitative estimate of drug-likeness (QED) is 0.807. The summed E-state index contributed by atoms with van der Waals surface area (Å²) in [5, 5.41) is 0. The molecule has 4 aliphatic heterocycles. The second-order valence-corrected chi connectivity index (χ2v) is 8.67. The number of rotatable bonds is 2. The van der Waals surface area contributed by atoms with E-state index in [4.69, 9.17) is 0 Å². The van der Waals surface area contributed by atoms with Crippen LogP contribution >= 0.6 is 0 Å². The van der Waals surface area contributed by atoms with Crippen LogP contribution in [0.25, 0.3) is 0 Å². The molecule has 6 rings (SSSR count). The summed E-state index contributed by atoms with van der Waals surface area (Å²) in [6.45, 7) is 5.06. The molecule has 0 spiro atoms. The van der Waals surface area contributed by atoms with Gasteiger partial charge in [0.15, 0.2) is 0 Å².